The van der Waals surface area contributed by atoms with E-state index in [1.807, 2.05) is 30.3 Å². The lowest BCUT2D eigenvalue weighted by Crippen LogP contribution is -2.44. The zero-order valence-electron chi connectivity index (χ0n) is 16.6. The molecule has 0 radical (unpaired) electrons. The van der Waals surface area contributed by atoms with Gasteiger partial charge < -0.3 is 4.74 Å². The SMILES string of the molecule is CN(NC(=O)OCc1ccccc1)C(=O)c1ccccc1C(=O)C1CCCCC1. The molecule has 1 saturated carbocycles. The number of benzene rings is 2. The summed E-state index contributed by atoms with van der Waals surface area (Å²) in [7, 11) is 1.44. The van der Waals surface area contributed by atoms with Crippen molar-refractivity contribution in [2.45, 2.75) is 38.7 Å². The molecule has 1 fully saturated rings. The second kappa shape index (κ2) is 9.87. The van der Waals surface area contributed by atoms with Crippen LogP contribution in [0.5, 0.6) is 0 Å². The maximum absolute atomic E-state index is 12.9. The van der Waals surface area contributed by atoms with Crippen LogP contribution in [0.4, 0.5) is 4.79 Å². The fourth-order valence-corrected chi connectivity index (χ4v) is 3.59. The fraction of sp³-hybridized carbons (Fsp3) is 0.348. The van der Waals surface area contributed by atoms with Gasteiger partial charge in [0.05, 0.1) is 5.56 Å². The highest BCUT2D eigenvalue weighted by Crippen LogP contribution is 2.28. The van der Waals surface area contributed by atoms with Crippen LogP contribution in [0.25, 0.3) is 0 Å². The van der Waals surface area contributed by atoms with Gasteiger partial charge in [0.1, 0.15) is 6.61 Å². The van der Waals surface area contributed by atoms with Crippen molar-refractivity contribution in [3.05, 3.63) is 71.3 Å². The van der Waals surface area contributed by atoms with Gasteiger partial charge in [-0.1, -0.05) is 67.8 Å². The van der Waals surface area contributed by atoms with Crippen molar-refractivity contribution in [2.75, 3.05) is 7.05 Å². The minimum absolute atomic E-state index is 0.00806. The molecule has 6 heteroatoms. The molecule has 29 heavy (non-hydrogen) atoms. The summed E-state index contributed by atoms with van der Waals surface area (Å²) >= 11 is 0. The molecule has 1 aliphatic rings. The lowest BCUT2D eigenvalue weighted by Gasteiger charge is -2.23. The minimum atomic E-state index is -0.735. The maximum atomic E-state index is 12.9. The van der Waals surface area contributed by atoms with E-state index in [0.29, 0.717) is 5.56 Å². The highest BCUT2D eigenvalue weighted by molar-refractivity contribution is 6.09. The number of hydrazine groups is 1. The van der Waals surface area contributed by atoms with Crippen LogP contribution in [0.15, 0.2) is 54.6 Å². The van der Waals surface area contributed by atoms with Crippen LogP contribution >= 0.6 is 0 Å². The molecular weight excluding hydrogens is 368 g/mol. The number of carbonyl (C=O) groups excluding carboxylic acids is 3. The molecule has 6 nitrogen and oxygen atoms in total. The number of nitrogens with zero attached hydrogens (tertiary/aromatic N) is 1. The summed E-state index contributed by atoms with van der Waals surface area (Å²) in [5.41, 5.74) is 3.95. The van der Waals surface area contributed by atoms with E-state index in [0.717, 1.165) is 42.7 Å². The van der Waals surface area contributed by atoms with E-state index in [-0.39, 0.29) is 23.9 Å². The van der Waals surface area contributed by atoms with Crippen LogP contribution in [-0.2, 0) is 11.3 Å². The van der Waals surface area contributed by atoms with Gasteiger partial charge in [0, 0.05) is 18.5 Å². The Hall–Kier alpha value is -3.15. The number of hydrogen-bond acceptors (Lipinski definition) is 4. The van der Waals surface area contributed by atoms with Crippen molar-refractivity contribution in [3.8, 4) is 0 Å². The van der Waals surface area contributed by atoms with Gasteiger partial charge in [-0.05, 0) is 24.5 Å². The number of nitrogens with one attached hydrogen (secondary N) is 1. The highest BCUT2D eigenvalue weighted by atomic mass is 16.6. The lowest BCUT2D eigenvalue weighted by atomic mass is 9.82. The van der Waals surface area contributed by atoms with E-state index in [1.165, 1.54) is 7.05 Å². The molecule has 3 rings (SSSR count). The molecule has 1 aliphatic carbocycles. The Morgan fingerprint density at radius 2 is 1.55 bits per heavy atom. The summed E-state index contributed by atoms with van der Waals surface area (Å²) < 4.78 is 5.15. The quantitative estimate of drug-likeness (QED) is 0.604. The number of carbonyl (C=O) groups is 3. The van der Waals surface area contributed by atoms with E-state index < -0.39 is 12.0 Å². The van der Waals surface area contributed by atoms with E-state index in [2.05, 4.69) is 5.43 Å². The molecule has 0 unspecified atom stereocenters. The first-order valence-electron chi connectivity index (χ1n) is 9.95. The van der Waals surface area contributed by atoms with Crippen LogP contribution in [0.2, 0.25) is 0 Å². The van der Waals surface area contributed by atoms with E-state index in [1.54, 1.807) is 24.3 Å². The van der Waals surface area contributed by atoms with Crippen molar-refractivity contribution in [1.29, 1.82) is 0 Å². The molecule has 2 aromatic rings. The monoisotopic (exact) mass is 394 g/mol. The second-order valence-corrected chi connectivity index (χ2v) is 7.28. The Balaban J connectivity index is 1.63. The van der Waals surface area contributed by atoms with Crippen molar-refractivity contribution < 1.29 is 19.1 Å². The number of hydrogen-bond donors (Lipinski definition) is 1. The molecule has 2 amide bonds. The van der Waals surface area contributed by atoms with Crippen molar-refractivity contribution in [1.82, 2.24) is 10.4 Å². The Bertz CT molecular complexity index is 860. The number of amides is 2. The van der Waals surface area contributed by atoms with Gasteiger partial charge >= 0.3 is 6.09 Å². The molecule has 0 spiro atoms. The van der Waals surface area contributed by atoms with Gasteiger partial charge in [-0.2, -0.15) is 0 Å². The molecule has 0 saturated heterocycles. The van der Waals surface area contributed by atoms with Gasteiger partial charge in [-0.15, -0.1) is 0 Å². The largest absolute Gasteiger partial charge is 0.443 e. The summed E-state index contributed by atoms with van der Waals surface area (Å²) in [5.74, 6) is -0.484. The van der Waals surface area contributed by atoms with Crippen molar-refractivity contribution in [2.24, 2.45) is 5.92 Å². The van der Waals surface area contributed by atoms with Crippen LogP contribution in [0.1, 0.15) is 58.4 Å². The van der Waals surface area contributed by atoms with Gasteiger partial charge in [0.15, 0.2) is 5.78 Å². The molecule has 0 atom stereocenters. The van der Waals surface area contributed by atoms with Crippen molar-refractivity contribution in [3.63, 3.8) is 0 Å². The molecule has 0 aliphatic heterocycles. The smallest absolute Gasteiger partial charge is 0.426 e. The van der Waals surface area contributed by atoms with E-state index in [9.17, 15) is 14.4 Å². The fourth-order valence-electron chi connectivity index (χ4n) is 3.59. The first-order chi connectivity index (χ1) is 14.1. The zero-order chi connectivity index (χ0) is 20.6. The third kappa shape index (κ3) is 5.44. The van der Waals surface area contributed by atoms with Gasteiger partial charge in [-0.25, -0.2) is 10.2 Å². The molecule has 0 heterocycles. The van der Waals surface area contributed by atoms with Gasteiger partial charge in [0.2, 0.25) is 0 Å². The first-order valence-corrected chi connectivity index (χ1v) is 9.95. The average molecular weight is 394 g/mol. The molecule has 0 bridgehead atoms. The van der Waals surface area contributed by atoms with E-state index >= 15 is 0 Å². The van der Waals surface area contributed by atoms with Crippen LogP contribution < -0.4 is 5.43 Å². The normalized spacial score (nSPS) is 14.1. The van der Waals surface area contributed by atoms with Crippen molar-refractivity contribution >= 4 is 17.8 Å². The Morgan fingerprint density at radius 3 is 2.24 bits per heavy atom. The van der Waals surface area contributed by atoms with Gasteiger partial charge in [-0.3, -0.25) is 14.6 Å². The summed E-state index contributed by atoms with van der Waals surface area (Å²) in [5, 5.41) is 1.06. The second-order valence-electron chi connectivity index (χ2n) is 7.28. The van der Waals surface area contributed by atoms with Crippen LogP contribution in [0, 0.1) is 5.92 Å². The third-order valence-corrected chi connectivity index (χ3v) is 5.18. The predicted octanol–water partition coefficient (Wildman–Crippen LogP) is 4.36. The zero-order valence-corrected chi connectivity index (χ0v) is 16.6. The molecule has 0 aromatic heterocycles. The Morgan fingerprint density at radius 1 is 0.931 bits per heavy atom. The summed E-state index contributed by atoms with van der Waals surface area (Å²) in [6.45, 7) is 0.103. The molecular formula is C23H26N2O4. The average Bonchev–Trinajstić information content (AvgIpc) is 2.78. The number of rotatable bonds is 5. The highest BCUT2D eigenvalue weighted by Gasteiger charge is 2.27. The Kier molecular flexibility index (Phi) is 7.00. The lowest BCUT2D eigenvalue weighted by molar-refractivity contribution is 0.0653. The first kappa shape index (κ1) is 20.6. The molecule has 2 aromatic carbocycles. The number of Topliss-reactive ketones (excluding diaryl/α,β-unsaturated/α-hetero) is 1. The standard InChI is InChI=1S/C23H26N2O4/c1-25(24-23(28)29-16-17-10-4-2-5-11-17)22(27)20-15-9-8-14-19(20)21(26)18-12-6-3-7-13-18/h2,4-5,8-11,14-15,18H,3,6-7,12-13,16H2,1H3,(H,24,28). The van der Waals surface area contributed by atoms with E-state index in [4.69, 9.17) is 4.74 Å². The maximum Gasteiger partial charge on any atom is 0.426 e. The van der Waals surface area contributed by atoms with Crippen LogP contribution in [-0.4, -0.2) is 29.8 Å². The topological polar surface area (TPSA) is 75.7 Å². The minimum Gasteiger partial charge on any atom is -0.443 e. The Labute approximate surface area is 170 Å². The van der Waals surface area contributed by atoms with Gasteiger partial charge in [0.25, 0.3) is 5.91 Å². The summed E-state index contributed by atoms with van der Waals surface area (Å²) in [4.78, 5) is 37.8. The summed E-state index contributed by atoms with van der Waals surface area (Å²) in [6, 6.07) is 16.0. The molecule has 152 valence electrons. The number of ketones is 1. The number of ether oxygens (including phenoxy) is 1. The van der Waals surface area contributed by atoms with Crippen LogP contribution in [0.3, 0.4) is 0 Å². The third-order valence-electron chi connectivity index (χ3n) is 5.18. The predicted molar refractivity (Wildman–Crippen MR) is 109 cm³/mol. The molecule has 1 N–H and O–H groups in total. The summed E-state index contributed by atoms with van der Waals surface area (Å²) in [6.07, 6.45) is 4.23.